The molecule has 0 aliphatic rings. The molecule has 0 unspecified atom stereocenters. The van der Waals surface area contributed by atoms with Gasteiger partial charge < -0.3 is 20.0 Å². The van der Waals surface area contributed by atoms with Crippen LogP contribution in [0.3, 0.4) is 0 Å². The highest BCUT2D eigenvalue weighted by Crippen LogP contribution is 2.14. The molecule has 7 heteroatoms. The molecule has 0 saturated heterocycles. The zero-order valence-electron chi connectivity index (χ0n) is 13.2. The number of benzene rings is 1. The second-order valence-corrected chi connectivity index (χ2v) is 5.66. The summed E-state index contributed by atoms with van der Waals surface area (Å²) in [5.74, 6) is 0.0436. The topological polar surface area (TPSA) is 90.1 Å². The maximum atomic E-state index is 11.8. The third kappa shape index (κ3) is 4.91. The van der Waals surface area contributed by atoms with Crippen LogP contribution in [0.5, 0.6) is 0 Å². The maximum absolute atomic E-state index is 11.8. The first-order valence-electron chi connectivity index (χ1n) is 7.47. The third-order valence-electron chi connectivity index (χ3n) is 3.52. The largest absolute Gasteiger partial charge is 0.381 e. The average Bonchev–Trinajstić information content (AvgIpc) is 2.96. The standard InChI is InChI=1S/C16H20N4O3/c1-12(2)14-5-3-13(4-6-14)7-8-17-16(21)10-19-9-15(18-11-19)20(22)23/h3-6,9,11-12H,7-8,10H2,1-2H3,(H,17,21). The fraction of sp³-hybridized carbons (Fsp3) is 0.375. The van der Waals surface area contributed by atoms with Gasteiger partial charge in [0.2, 0.25) is 12.2 Å². The predicted molar refractivity (Wildman–Crippen MR) is 86.1 cm³/mol. The molecule has 1 amide bonds. The van der Waals surface area contributed by atoms with Gasteiger partial charge in [-0.2, -0.15) is 0 Å². The highest BCUT2D eigenvalue weighted by Gasteiger charge is 2.11. The zero-order valence-corrected chi connectivity index (χ0v) is 13.2. The van der Waals surface area contributed by atoms with Crippen molar-refractivity contribution >= 4 is 11.7 Å². The van der Waals surface area contributed by atoms with Crippen molar-refractivity contribution in [2.45, 2.75) is 32.7 Å². The fourth-order valence-corrected chi connectivity index (χ4v) is 2.17. The predicted octanol–water partition coefficient (Wildman–Crippen LogP) is 2.27. The van der Waals surface area contributed by atoms with Crippen molar-refractivity contribution in [3.8, 4) is 0 Å². The molecule has 0 saturated carbocycles. The molecule has 0 aliphatic heterocycles. The van der Waals surface area contributed by atoms with Crippen molar-refractivity contribution < 1.29 is 9.72 Å². The molecule has 0 atom stereocenters. The lowest BCUT2D eigenvalue weighted by Gasteiger charge is -2.08. The van der Waals surface area contributed by atoms with Gasteiger partial charge in [0.1, 0.15) is 12.7 Å². The second kappa shape index (κ2) is 7.53. The van der Waals surface area contributed by atoms with E-state index in [9.17, 15) is 14.9 Å². The van der Waals surface area contributed by atoms with E-state index in [0.717, 1.165) is 12.0 Å². The zero-order chi connectivity index (χ0) is 16.8. The summed E-state index contributed by atoms with van der Waals surface area (Å²) < 4.78 is 1.39. The lowest BCUT2D eigenvalue weighted by atomic mass is 10.0. The maximum Gasteiger partial charge on any atom is 0.381 e. The molecule has 1 N–H and O–H groups in total. The number of rotatable bonds is 7. The average molecular weight is 316 g/mol. The number of aromatic nitrogens is 2. The molecular formula is C16H20N4O3. The number of imidazole rings is 1. The van der Waals surface area contributed by atoms with Crippen LogP contribution in [0.25, 0.3) is 0 Å². The minimum Gasteiger partial charge on any atom is -0.358 e. The van der Waals surface area contributed by atoms with Gasteiger partial charge in [-0.3, -0.25) is 4.79 Å². The first kappa shape index (κ1) is 16.7. The Morgan fingerprint density at radius 1 is 1.35 bits per heavy atom. The lowest BCUT2D eigenvalue weighted by Crippen LogP contribution is -2.29. The van der Waals surface area contributed by atoms with E-state index in [2.05, 4.69) is 48.4 Å². The Balaban J connectivity index is 1.76. The number of nitrogens with one attached hydrogen (secondary N) is 1. The summed E-state index contributed by atoms with van der Waals surface area (Å²) in [6.07, 6.45) is 3.26. The normalized spacial score (nSPS) is 10.7. The Labute approximate surface area is 134 Å². The third-order valence-corrected chi connectivity index (χ3v) is 3.52. The molecule has 0 radical (unpaired) electrons. The number of nitro groups is 1. The van der Waals surface area contributed by atoms with Crippen LogP contribution in [0.1, 0.15) is 30.9 Å². The van der Waals surface area contributed by atoms with E-state index >= 15 is 0 Å². The molecule has 2 rings (SSSR count). The summed E-state index contributed by atoms with van der Waals surface area (Å²) in [5.41, 5.74) is 2.45. The molecule has 1 heterocycles. The van der Waals surface area contributed by atoms with Crippen molar-refractivity contribution in [2.24, 2.45) is 0 Å². The number of hydrogen-bond acceptors (Lipinski definition) is 4. The van der Waals surface area contributed by atoms with Gasteiger partial charge in [0, 0.05) is 6.54 Å². The molecule has 7 nitrogen and oxygen atoms in total. The number of hydrogen-bond donors (Lipinski definition) is 1. The molecule has 2 aromatic rings. The van der Waals surface area contributed by atoms with Gasteiger partial charge in [-0.1, -0.05) is 38.1 Å². The Hall–Kier alpha value is -2.70. The van der Waals surface area contributed by atoms with Crippen LogP contribution in [0, 0.1) is 10.1 Å². The molecular weight excluding hydrogens is 296 g/mol. The van der Waals surface area contributed by atoms with E-state index in [1.54, 1.807) is 0 Å². The minimum absolute atomic E-state index is 0.0210. The summed E-state index contributed by atoms with van der Waals surface area (Å²) >= 11 is 0. The van der Waals surface area contributed by atoms with Crippen LogP contribution in [-0.2, 0) is 17.8 Å². The number of carbonyl (C=O) groups excluding carboxylic acids is 1. The van der Waals surface area contributed by atoms with Gasteiger partial charge in [-0.15, -0.1) is 0 Å². The number of carbonyl (C=O) groups is 1. The first-order chi connectivity index (χ1) is 11.0. The molecule has 23 heavy (non-hydrogen) atoms. The van der Waals surface area contributed by atoms with Gasteiger partial charge in [0.25, 0.3) is 0 Å². The van der Waals surface area contributed by atoms with Gasteiger partial charge >= 0.3 is 5.82 Å². The van der Waals surface area contributed by atoms with E-state index in [-0.39, 0.29) is 18.3 Å². The summed E-state index contributed by atoms with van der Waals surface area (Å²) in [6, 6.07) is 8.35. The van der Waals surface area contributed by atoms with E-state index in [0.29, 0.717) is 12.5 Å². The van der Waals surface area contributed by atoms with Crippen LogP contribution in [-0.4, -0.2) is 26.9 Å². The van der Waals surface area contributed by atoms with Crippen molar-refractivity contribution in [2.75, 3.05) is 6.54 Å². The first-order valence-corrected chi connectivity index (χ1v) is 7.47. The summed E-state index contributed by atoms with van der Waals surface area (Å²) in [5, 5.41) is 13.3. The van der Waals surface area contributed by atoms with Crippen molar-refractivity contribution in [3.63, 3.8) is 0 Å². The smallest absolute Gasteiger partial charge is 0.358 e. The molecule has 0 spiro atoms. The Morgan fingerprint density at radius 3 is 2.61 bits per heavy atom. The van der Waals surface area contributed by atoms with Crippen molar-refractivity contribution in [1.29, 1.82) is 0 Å². The van der Waals surface area contributed by atoms with Gasteiger partial charge in [-0.25, -0.2) is 0 Å². The number of nitrogens with zero attached hydrogens (tertiary/aromatic N) is 3. The molecule has 0 aliphatic carbocycles. The molecule has 0 bridgehead atoms. The summed E-state index contributed by atoms with van der Waals surface area (Å²) in [6.45, 7) is 4.84. The van der Waals surface area contributed by atoms with E-state index in [4.69, 9.17) is 0 Å². The van der Waals surface area contributed by atoms with Crippen LogP contribution >= 0.6 is 0 Å². The Bertz CT molecular complexity index is 677. The second-order valence-electron chi connectivity index (χ2n) is 5.66. The van der Waals surface area contributed by atoms with Crippen LogP contribution < -0.4 is 5.32 Å². The van der Waals surface area contributed by atoms with E-state index in [1.165, 1.54) is 22.7 Å². The van der Waals surface area contributed by atoms with Crippen LogP contribution in [0.4, 0.5) is 5.82 Å². The summed E-state index contributed by atoms with van der Waals surface area (Å²) in [4.78, 5) is 25.3. The number of amides is 1. The fourth-order valence-electron chi connectivity index (χ4n) is 2.17. The quantitative estimate of drug-likeness (QED) is 0.626. The minimum atomic E-state index is -0.588. The van der Waals surface area contributed by atoms with Gasteiger partial charge in [0.05, 0.1) is 0 Å². The molecule has 1 aromatic heterocycles. The SMILES string of the molecule is CC(C)c1ccc(CCNC(=O)Cn2cnc([N+](=O)[O-])c2)cc1. The van der Waals surface area contributed by atoms with E-state index < -0.39 is 4.92 Å². The highest BCUT2D eigenvalue weighted by molar-refractivity contribution is 5.75. The Morgan fingerprint density at radius 2 is 2.04 bits per heavy atom. The Kier molecular flexibility index (Phi) is 5.46. The van der Waals surface area contributed by atoms with Crippen LogP contribution in [0.15, 0.2) is 36.8 Å². The van der Waals surface area contributed by atoms with E-state index in [1.807, 2.05) is 0 Å². The van der Waals surface area contributed by atoms with Crippen LogP contribution in [0.2, 0.25) is 0 Å². The van der Waals surface area contributed by atoms with Gasteiger partial charge in [0.15, 0.2) is 0 Å². The monoisotopic (exact) mass is 316 g/mol. The van der Waals surface area contributed by atoms with Gasteiger partial charge in [-0.05, 0) is 33.4 Å². The summed E-state index contributed by atoms with van der Waals surface area (Å²) in [7, 11) is 0. The molecule has 0 fully saturated rings. The lowest BCUT2D eigenvalue weighted by molar-refractivity contribution is -0.389. The van der Waals surface area contributed by atoms with Crippen molar-refractivity contribution in [3.05, 3.63) is 58.0 Å². The molecule has 1 aromatic carbocycles. The molecule has 122 valence electrons. The highest BCUT2D eigenvalue weighted by atomic mass is 16.6. The van der Waals surface area contributed by atoms with Crippen molar-refractivity contribution in [1.82, 2.24) is 14.9 Å².